The summed E-state index contributed by atoms with van der Waals surface area (Å²) in [6.07, 6.45) is 0. The van der Waals surface area contributed by atoms with E-state index >= 15 is 0 Å². The monoisotopic (exact) mass is 437 g/mol. The van der Waals surface area contributed by atoms with Crippen molar-refractivity contribution in [3.8, 4) is 0 Å². The first-order chi connectivity index (χ1) is 11.4. The molecule has 2 amide bonds. The minimum Gasteiger partial charge on any atom is -0.495 e. The van der Waals surface area contributed by atoms with Crippen LogP contribution in [0.2, 0.25) is 0 Å². The average molecular weight is 437 g/mol. The molecule has 0 fully saturated rings. The molecule has 6 heteroatoms. The van der Waals surface area contributed by atoms with Crippen molar-refractivity contribution in [2.45, 2.75) is 6.92 Å². The number of amides is 2. The van der Waals surface area contributed by atoms with E-state index in [4.69, 9.17) is 4.74 Å². The lowest BCUT2D eigenvalue weighted by Gasteiger charge is -2.12. The van der Waals surface area contributed by atoms with Gasteiger partial charge in [0.2, 0.25) is 5.91 Å². The number of rotatable bonds is 2. The molecule has 24 heavy (non-hydrogen) atoms. The molecule has 3 rings (SSSR count). The molecular formula is C18H13FINO3. The Morgan fingerprint density at radius 1 is 1.17 bits per heavy atom. The Morgan fingerprint density at radius 2 is 1.83 bits per heavy atom. The van der Waals surface area contributed by atoms with Crippen LogP contribution in [0.3, 0.4) is 0 Å². The van der Waals surface area contributed by atoms with Gasteiger partial charge in [0.25, 0.3) is 5.91 Å². The van der Waals surface area contributed by atoms with E-state index in [2.05, 4.69) is 22.6 Å². The second-order valence-corrected chi connectivity index (χ2v) is 6.48. The number of fused-ring (bicyclic) bond motifs is 1. The molecule has 0 aliphatic carbocycles. The van der Waals surface area contributed by atoms with Gasteiger partial charge in [0, 0.05) is 21.6 Å². The predicted molar refractivity (Wildman–Crippen MR) is 97.5 cm³/mol. The Kier molecular flexibility index (Phi) is 4.40. The van der Waals surface area contributed by atoms with Crippen LogP contribution >= 0.6 is 22.6 Å². The van der Waals surface area contributed by atoms with E-state index in [-0.39, 0.29) is 11.3 Å². The molecule has 1 aliphatic rings. The molecule has 0 bridgehead atoms. The number of imide groups is 1. The Bertz CT molecular complexity index is 874. The van der Waals surface area contributed by atoms with E-state index in [0.29, 0.717) is 16.9 Å². The van der Waals surface area contributed by atoms with Gasteiger partial charge in [0.1, 0.15) is 11.6 Å². The number of ether oxygens (including phenoxy) is 1. The third-order valence-electron chi connectivity index (χ3n) is 3.74. The van der Waals surface area contributed by atoms with Crippen LogP contribution in [0, 0.1) is 9.39 Å². The van der Waals surface area contributed by atoms with Gasteiger partial charge in [-0.05, 0) is 52.9 Å². The van der Waals surface area contributed by atoms with Gasteiger partial charge in [-0.25, -0.2) is 9.29 Å². The molecule has 1 aliphatic heterocycles. The topological polar surface area (TPSA) is 46.6 Å². The zero-order valence-electron chi connectivity index (χ0n) is 13.0. The molecule has 0 saturated heterocycles. The minimum atomic E-state index is -0.515. The lowest BCUT2D eigenvalue weighted by Crippen LogP contribution is -2.31. The van der Waals surface area contributed by atoms with E-state index in [1.165, 1.54) is 32.2 Å². The van der Waals surface area contributed by atoms with Crippen molar-refractivity contribution in [3.05, 3.63) is 63.0 Å². The quantitative estimate of drug-likeness (QED) is 0.408. The summed E-state index contributed by atoms with van der Waals surface area (Å²) in [5.74, 6) is -1.14. The van der Waals surface area contributed by atoms with E-state index in [0.717, 1.165) is 8.47 Å². The number of halogens is 2. The molecule has 122 valence electrons. The van der Waals surface area contributed by atoms with Crippen LogP contribution in [0.15, 0.2) is 42.5 Å². The van der Waals surface area contributed by atoms with Crippen LogP contribution in [-0.4, -0.2) is 18.9 Å². The Labute approximate surface area is 152 Å². The fourth-order valence-electron chi connectivity index (χ4n) is 2.74. The van der Waals surface area contributed by atoms with Crippen molar-refractivity contribution in [2.24, 2.45) is 0 Å². The molecule has 4 nitrogen and oxygen atoms in total. The number of carbonyl (C=O) groups excluding carboxylic acids is 2. The number of carbonyl (C=O) groups is 2. The Balaban J connectivity index is 2.28. The van der Waals surface area contributed by atoms with Crippen molar-refractivity contribution >= 4 is 51.4 Å². The number of methoxy groups -OCH3 is 1. The van der Waals surface area contributed by atoms with Gasteiger partial charge in [-0.1, -0.05) is 12.1 Å². The van der Waals surface area contributed by atoms with E-state index in [1.54, 1.807) is 0 Å². The highest BCUT2D eigenvalue weighted by Crippen LogP contribution is 2.41. The summed E-state index contributed by atoms with van der Waals surface area (Å²) in [5.41, 5.74) is 1.68. The number of hydrogen-bond donors (Lipinski definition) is 0. The predicted octanol–water partition coefficient (Wildman–Crippen LogP) is 3.84. The molecule has 0 N–H and O–H groups in total. The van der Waals surface area contributed by atoms with Crippen LogP contribution in [0.25, 0.3) is 11.3 Å². The standard InChI is InChI=1S/C18H13FINO3/c1-10(22)21-15-9-12(19)5-8-14(15)16(18(21)23)17(24-2)11-3-6-13(20)7-4-11/h3-9H,1-2H3/b17-16+. The molecule has 0 unspecified atom stereocenters. The van der Waals surface area contributed by atoms with Gasteiger partial charge in [-0.2, -0.15) is 0 Å². The van der Waals surface area contributed by atoms with Crippen molar-refractivity contribution in [2.75, 3.05) is 12.0 Å². The molecule has 1 heterocycles. The maximum Gasteiger partial charge on any atom is 0.269 e. The molecule has 2 aromatic carbocycles. The molecule has 0 radical (unpaired) electrons. The van der Waals surface area contributed by atoms with Crippen molar-refractivity contribution < 1.29 is 18.7 Å². The average Bonchev–Trinajstić information content (AvgIpc) is 2.82. The summed E-state index contributed by atoms with van der Waals surface area (Å²) < 4.78 is 20.1. The first-order valence-corrected chi connectivity index (χ1v) is 8.21. The van der Waals surface area contributed by atoms with Gasteiger partial charge < -0.3 is 4.74 Å². The Hall–Kier alpha value is -2.22. The van der Waals surface area contributed by atoms with Crippen molar-refractivity contribution in [1.29, 1.82) is 0 Å². The first-order valence-electron chi connectivity index (χ1n) is 7.13. The number of nitrogens with zero attached hydrogens (tertiary/aromatic N) is 1. The maximum absolute atomic E-state index is 13.6. The second-order valence-electron chi connectivity index (χ2n) is 5.24. The van der Waals surface area contributed by atoms with Crippen LogP contribution in [-0.2, 0) is 14.3 Å². The second kappa shape index (κ2) is 6.35. The van der Waals surface area contributed by atoms with Gasteiger partial charge in [-0.15, -0.1) is 0 Å². The van der Waals surface area contributed by atoms with Gasteiger partial charge in [-0.3, -0.25) is 9.59 Å². The summed E-state index contributed by atoms with van der Waals surface area (Å²) in [4.78, 5) is 25.7. The molecule has 0 spiro atoms. The van der Waals surface area contributed by atoms with Crippen LogP contribution in [0.1, 0.15) is 18.1 Å². The van der Waals surface area contributed by atoms with Crippen molar-refractivity contribution in [1.82, 2.24) is 0 Å². The lowest BCUT2D eigenvalue weighted by atomic mass is 10.0. The van der Waals surface area contributed by atoms with Crippen LogP contribution in [0.5, 0.6) is 0 Å². The summed E-state index contributed by atoms with van der Waals surface area (Å²) in [6.45, 7) is 1.27. The highest BCUT2D eigenvalue weighted by atomic mass is 127. The highest BCUT2D eigenvalue weighted by molar-refractivity contribution is 14.1. The molecule has 0 saturated carbocycles. The van der Waals surface area contributed by atoms with E-state index < -0.39 is 17.6 Å². The van der Waals surface area contributed by atoms with Crippen molar-refractivity contribution in [3.63, 3.8) is 0 Å². The van der Waals surface area contributed by atoms with Crippen LogP contribution < -0.4 is 4.90 Å². The fourth-order valence-corrected chi connectivity index (χ4v) is 3.09. The minimum absolute atomic E-state index is 0.238. The Morgan fingerprint density at radius 3 is 2.42 bits per heavy atom. The number of hydrogen-bond acceptors (Lipinski definition) is 3. The zero-order chi connectivity index (χ0) is 17.4. The largest absolute Gasteiger partial charge is 0.495 e. The molecular weight excluding hydrogens is 424 g/mol. The number of benzene rings is 2. The summed E-state index contributed by atoms with van der Waals surface area (Å²) in [5, 5.41) is 0. The third kappa shape index (κ3) is 2.71. The lowest BCUT2D eigenvalue weighted by molar-refractivity contribution is -0.122. The van der Waals surface area contributed by atoms with E-state index in [1.807, 2.05) is 24.3 Å². The smallest absolute Gasteiger partial charge is 0.269 e. The highest BCUT2D eigenvalue weighted by Gasteiger charge is 2.38. The van der Waals surface area contributed by atoms with Gasteiger partial charge in [0.05, 0.1) is 18.4 Å². The van der Waals surface area contributed by atoms with Crippen LogP contribution in [0.4, 0.5) is 10.1 Å². The SMILES string of the molecule is CO/C(=C1/C(=O)N(C(C)=O)c2cc(F)ccc21)c1ccc(I)cc1. The van der Waals surface area contributed by atoms with E-state index in [9.17, 15) is 14.0 Å². The maximum atomic E-state index is 13.6. The summed E-state index contributed by atoms with van der Waals surface area (Å²) >= 11 is 2.18. The third-order valence-corrected chi connectivity index (χ3v) is 4.46. The van der Waals surface area contributed by atoms with Gasteiger partial charge >= 0.3 is 0 Å². The molecule has 0 aromatic heterocycles. The molecule has 0 atom stereocenters. The van der Waals surface area contributed by atoms with Gasteiger partial charge in [0.15, 0.2) is 0 Å². The number of anilines is 1. The summed E-state index contributed by atoms with van der Waals surface area (Å²) in [6, 6.07) is 11.4. The molecule has 2 aromatic rings. The fraction of sp³-hybridized carbons (Fsp3) is 0.111. The summed E-state index contributed by atoms with van der Waals surface area (Å²) in [7, 11) is 1.47. The first kappa shape index (κ1) is 16.6. The normalized spacial score (nSPS) is 15.3. The zero-order valence-corrected chi connectivity index (χ0v) is 15.1.